The van der Waals surface area contributed by atoms with E-state index in [1.54, 1.807) is 6.07 Å². The van der Waals surface area contributed by atoms with Crippen molar-refractivity contribution < 1.29 is 5.11 Å². The highest BCUT2D eigenvalue weighted by molar-refractivity contribution is 9.09. The monoisotopic (exact) mass is 228 g/mol. The van der Waals surface area contributed by atoms with E-state index in [0.717, 1.165) is 23.7 Å². The van der Waals surface area contributed by atoms with Crippen molar-refractivity contribution in [1.82, 2.24) is 0 Å². The summed E-state index contributed by atoms with van der Waals surface area (Å²) in [6.45, 7) is 2.00. The minimum Gasteiger partial charge on any atom is -0.508 e. The zero-order valence-corrected chi connectivity index (χ0v) is 8.76. The van der Waals surface area contributed by atoms with Crippen molar-refractivity contribution in [1.29, 1.82) is 0 Å². The smallest absolute Gasteiger partial charge is 0.116 e. The Morgan fingerprint density at radius 1 is 1.33 bits per heavy atom. The molecule has 0 saturated heterocycles. The third-order valence-corrected chi connectivity index (χ3v) is 2.28. The van der Waals surface area contributed by atoms with E-state index < -0.39 is 0 Å². The fraction of sp³-hybridized carbons (Fsp3) is 0.400. The van der Waals surface area contributed by atoms with Gasteiger partial charge in [0.1, 0.15) is 5.75 Å². The highest BCUT2D eigenvalue weighted by atomic mass is 79.9. The zero-order chi connectivity index (χ0) is 8.97. The van der Waals surface area contributed by atoms with Crippen LogP contribution in [0.25, 0.3) is 0 Å². The van der Waals surface area contributed by atoms with E-state index in [0.29, 0.717) is 5.75 Å². The molecule has 0 spiro atoms. The summed E-state index contributed by atoms with van der Waals surface area (Å²) in [4.78, 5) is 0. The number of benzene rings is 1. The lowest BCUT2D eigenvalue weighted by Crippen LogP contribution is -1.86. The van der Waals surface area contributed by atoms with Crippen LogP contribution in [0.15, 0.2) is 18.2 Å². The summed E-state index contributed by atoms with van der Waals surface area (Å²) in [5.74, 6) is 0.375. The molecule has 0 aliphatic carbocycles. The van der Waals surface area contributed by atoms with Gasteiger partial charge < -0.3 is 5.11 Å². The zero-order valence-electron chi connectivity index (χ0n) is 7.18. The van der Waals surface area contributed by atoms with Gasteiger partial charge in [-0.2, -0.15) is 0 Å². The first-order valence-electron chi connectivity index (χ1n) is 4.08. The average Bonchev–Trinajstić information content (AvgIpc) is 1.99. The molecule has 0 fully saturated rings. The van der Waals surface area contributed by atoms with E-state index in [2.05, 4.69) is 22.0 Å². The Hall–Kier alpha value is -0.500. The lowest BCUT2D eigenvalue weighted by Gasteiger charge is -2.02. The van der Waals surface area contributed by atoms with Crippen molar-refractivity contribution in [3.05, 3.63) is 29.3 Å². The molecule has 12 heavy (non-hydrogen) atoms. The number of rotatable bonds is 3. The maximum absolute atomic E-state index is 9.28. The molecule has 0 saturated carbocycles. The molecular formula is C10H13BrO. The standard InChI is InChI=1S/C10H13BrO/c1-8-5-9(3-2-4-11)7-10(12)6-8/h5-7,12H,2-4H2,1H3. The number of phenols is 1. The maximum atomic E-state index is 9.28. The van der Waals surface area contributed by atoms with E-state index in [1.165, 1.54) is 5.56 Å². The molecule has 0 aromatic heterocycles. The normalized spacial score (nSPS) is 10.2. The molecule has 66 valence electrons. The van der Waals surface area contributed by atoms with Gasteiger partial charge in [-0.15, -0.1) is 0 Å². The summed E-state index contributed by atoms with van der Waals surface area (Å²) in [7, 11) is 0. The van der Waals surface area contributed by atoms with Gasteiger partial charge in [-0.1, -0.05) is 22.0 Å². The molecule has 1 N–H and O–H groups in total. The Balaban J connectivity index is 2.72. The van der Waals surface area contributed by atoms with Gasteiger partial charge >= 0.3 is 0 Å². The summed E-state index contributed by atoms with van der Waals surface area (Å²) in [6, 6.07) is 5.72. The van der Waals surface area contributed by atoms with Crippen molar-refractivity contribution in [2.24, 2.45) is 0 Å². The largest absolute Gasteiger partial charge is 0.508 e. The minimum atomic E-state index is 0.375. The van der Waals surface area contributed by atoms with Gasteiger partial charge in [-0.05, 0) is 43.0 Å². The third-order valence-electron chi connectivity index (χ3n) is 1.72. The molecule has 2 heteroatoms. The number of aryl methyl sites for hydroxylation is 2. The second-order valence-corrected chi connectivity index (χ2v) is 3.76. The number of halogens is 1. The van der Waals surface area contributed by atoms with E-state index in [-0.39, 0.29) is 0 Å². The fourth-order valence-electron chi connectivity index (χ4n) is 1.26. The van der Waals surface area contributed by atoms with Crippen molar-refractivity contribution in [3.8, 4) is 5.75 Å². The maximum Gasteiger partial charge on any atom is 0.116 e. The van der Waals surface area contributed by atoms with E-state index in [9.17, 15) is 5.11 Å². The van der Waals surface area contributed by atoms with Gasteiger partial charge in [0.05, 0.1) is 0 Å². The molecule has 1 nitrogen and oxygen atoms in total. The fourth-order valence-corrected chi connectivity index (χ4v) is 1.54. The molecule has 1 rings (SSSR count). The van der Waals surface area contributed by atoms with E-state index in [1.807, 2.05) is 13.0 Å². The van der Waals surface area contributed by atoms with Crippen molar-refractivity contribution in [2.45, 2.75) is 19.8 Å². The van der Waals surface area contributed by atoms with Crippen LogP contribution in [-0.2, 0) is 6.42 Å². The topological polar surface area (TPSA) is 20.2 Å². The van der Waals surface area contributed by atoms with Crippen LogP contribution in [0.3, 0.4) is 0 Å². The van der Waals surface area contributed by atoms with Crippen molar-refractivity contribution in [3.63, 3.8) is 0 Å². The molecule has 0 unspecified atom stereocenters. The van der Waals surface area contributed by atoms with E-state index in [4.69, 9.17) is 0 Å². The van der Waals surface area contributed by atoms with Crippen molar-refractivity contribution in [2.75, 3.05) is 5.33 Å². The Morgan fingerprint density at radius 2 is 2.08 bits per heavy atom. The Morgan fingerprint density at radius 3 is 2.67 bits per heavy atom. The highest BCUT2D eigenvalue weighted by Crippen LogP contribution is 2.16. The van der Waals surface area contributed by atoms with Gasteiger partial charge in [-0.3, -0.25) is 0 Å². The SMILES string of the molecule is Cc1cc(O)cc(CCCBr)c1. The summed E-state index contributed by atoms with van der Waals surface area (Å²) in [6.07, 6.45) is 2.14. The molecule has 1 aromatic carbocycles. The molecule has 0 bridgehead atoms. The van der Waals surface area contributed by atoms with Crippen LogP contribution in [0.1, 0.15) is 17.5 Å². The first-order chi connectivity index (χ1) is 5.72. The lowest BCUT2D eigenvalue weighted by atomic mass is 10.1. The second kappa shape index (κ2) is 4.51. The summed E-state index contributed by atoms with van der Waals surface area (Å²) >= 11 is 3.38. The number of hydrogen-bond donors (Lipinski definition) is 1. The molecule has 0 aliphatic rings. The van der Waals surface area contributed by atoms with E-state index >= 15 is 0 Å². The van der Waals surface area contributed by atoms with Gasteiger partial charge in [0, 0.05) is 5.33 Å². The second-order valence-electron chi connectivity index (χ2n) is 2.97. The van der Waals surface area contributed by atoms with Gasteiger partial charge in [0.15, 0.2) is 0 Å². The molecule has 0 heterocycles. The number of phenolic OH excluding ortho intramolecular Hbond substituents is 1. The quantitative estimate of drug-likeness (QED) is 0.790. The molecular weight excluding hydrogens is 216 g/mol. The predicted octanol–water partition coefficient (Wildman–Crippen LogP) is 3.03. The molecule has 0 radical (unpaired) electrons. The predicted molar refractivity (Wildman–Crippen MR) is 55.0 cm³/mol. The molecule has 1 aromatic rings. The minimum absolute atomic E-state index is 0.375. The summed E-state index contributed by atoms with van der Waals surface area (Å²) < 4.78 is 0. The third kappa shape index (κ3) is 2.86. The Labute approximate surface area is 81.6 Å². The molecule has 0 amide bonds. The van der Waals surface area contributed by atoms with Gasteiger partial charge in [0.25, 0.3) is 0 Å². The average molecular weight is 229 g/mol. The Bertz CT molecular complexity index is 238. The lowest BCUT2D eigenvalue weighted by molar-refractivity contribution is 0.474. The van der Waals surface area contributed by atoms with Crippen LogP contribution in [0.2, 0.25) is 0 Å². The molecule has 0 atom stereocenters. The van der Waals surface area contributed by atoms with Crippen LogP contribution in [0, 0.1) is 6.92 Å². The number of aromatic hydroxyl groups is 1. The van der Waals surface area contributed by atoms with Gasteiger partial charge in [0.2, 0.25) is 0 Å². The van der Waals surface area contributed by atoms with Crippen LogP contribution in [0.5, 0.6) is 5.75 Å². The number of alkyl halides is 1. The first-order valence-corrected chi connectivity index (χ1v) is 5.20. The number of hydrogen-bond acceptors (Lipinski definition) is 1. The van der Waals surface area contributed by atoms with Gasteiger partial charge in [-0.25, -0.2) is 0 Å². The van der Waals surface area contributed by atoms with Crippen LogP contribution >= 0.6 is 15.9 Å². The highest BCUT2D eigenvalue weighted by Gasteiger charge is 1.96. The van der Waals surface area contributed by atoms with Crippen molar-refractivity contribution >= 4 is 15.9 Å². The van der Waals surface area contributed by atoms with Crippen LogP contribution in [-0.4, -0.2) is 10.4 Å². The summed E-state index contributed by atoms with van der Waals surface area (Å²) in [5, 5.41) is 10.3. The van der Waals surface area contributed by atoms with Crippen LogP contribution in [0.4, 0.5) is 0 Å². The first kappa shape index (κ1) is 9.59. The molecule has 0 aliphatic heterocycles. The summed E-state index contributed by atoms with van der Waals surface area (Å²) in [5.41, 5.74) is 2.34. The Kier molecular flexibility index (Phi) is 3.60. The van der Waals surface area contributed by atoms with Crippen LogP contribution < -0.4 is 0 Å².